The number of aromatic nitrogens is 2. The normalized spacial score (nSPS) is 17.3. The molecule has 5 heteroatoms. The molecule has 0 bridgehead atoms. The molecule has 3 aromatic rings. The van der Waals surface area contributed by atoms with E-state index >= 15 is 0 Å². The lowest BCUT2D eigenvalue weighted by atomic mass is 9.98. The summed E-state index contributed by atoms with van der Waals surface area (Å²) in [5.41, 5.74) is 7.06. The standard InChI is InChI=1S/C22H26N4S/c1-14-7-4-5-9-18(14)25-22(27)26-10-6-8-17(13-26)21-23-19-11-15(2)16(3)12-20(19)24-21/h4-5,7,9,11-12,17H,6,8,10,13H2,1-3H3,(H,23,24)(H,25,27)/t17-/m1/s1. The number of hydrogen-bond donors (Lipinski definition) is 2. The van der Waals surface area contributed by atoms with E-state index in [1.165, 1.54) is 16.7 Å². The molecule has 4 rings (SSSR count). The number of benzene rings is 2. The van der Waals surface area contributed by atoms with Crippen LogP contribution >= 0.6 is 12.2 Å². The summed E-state index contributed by atoms with van der Waals surface area (Å²) < 4.78 is 0. The monoisotopic (exact) mass is 378 g/mol. The summed E-state index contributed by atoms with van der Waals surface area (Å²) in [6.07, 6.45) is 2.26. The molecule has 0 saturated carbocycles. The van der Waals surface area contributed by atoms with Gasteiger partial charge < -0.3 is 15.2 Å². The van der Waals surface area contributed by atoms with E-state index in [-0.39, 0.29) is 0 Å². The molecule has 2 N–H and O–H groups in total. The highest BCUT2D eigenvalue weighted by Crippen LogP contribution is 2.28. The van der Waals surface area contributed by atoms with Crippen molar-refractivity contribution in [1.82, 2.24) is 14.9 Å². The number of nitrogens with zero attached hydrogens (tertiary/aromatic N) is 2. The molecule has 0 amide bonds. The number of aromatic amines is 1. The zero-order chi connectivity index (χ0) is 19.0. The maximum absolute atomic E-state index is 5.70. The molecule has 27 heavy (non-hydrogen) atoms. The van der Waals surface area contributed by atoms with Gasteiger partial charge in [0, 0.05) is 24.7 Å². The van der Waals surface area contributed by atoms with E-state index in [0.717, 1.165) is 53.6 Å². The van der Waals surface area contributed by atoms with Crippen LogP contribution in [-0.2, 0) is 0 Å². The van der Waals surface area contributed by atoms with E-state index in [1.54, 1.807) is 0 Å². The van der Waals surface area contributed by atoms with Gasteiger partial charge in [-0.3, -0.25) is 0 Å². The summed E-state index contributed by atoms with van der Waals surface area (Å²) in [6, 6.07) is 12.6. The Kier molecular flexibility index (Phi) is 4.87. The minimum absolute atomic E-state index is 0.378. The molecule has 0 aliphatic carbocycles. The average molecular weight is 379 g/mol. The summed E-state index contributed by atoms with van der Waals surface area (Å²) >= 11 is 5.70. The van der Waals surface area contributed by atoms with Gasteiger partial charge in [-0.25, -0.2) is 4.98 Å². The number of hydrogen-bond acceptors (Lipinski definition) is 2. The van der Waals surface area contributed by atoms with Crippen LogP contribution < -0.4 is 5.32 Å². The molecule has 1 atom stereocenters. The van der Waals surface area contributed by atoms with Gasteiger partial charge in [0.25, 0.3) is 0 Å². The average Bonchev–Trinajstić information content (AvgIpc) is 3.07. The maximum atomic E-state index is 5.70. The summed E-state index contributed by atoms with van der Waals surface area (Å²) in [4.78, 5) is 10.7. The lowest BCUT2D eigenvalue weighted by Crippen LogP contribution is -2.41. The smallest absolute Gasteiger partial charge is 0.173 e. The number of likely N-dealkylation sites (tertiary alicyclic amines) is 1. The Hall–Kier alpha value is -2.40. The summed E-state index contributed by atoms with van der Waals surface area (Å²) in [5, 5.41) is 4.22. The number of nitrogens with one attached hydrogen (secondary N) is 2. The van der Waals surface area contributed by atoms with Gasteiger partial charge in [0.05, 0.1) is 11.0 Å². The zero-order valence-corrected chi connectivity index (χ0v) is 17.0. The SMILES string of the molecule is Cc1cc2nc([C@@H]3CCCN(C(=S)Nc4ccccc4C)C3)[nH]c2cc1C. The van der Waals surface area contributed by atoms with Crippen LogP contribution in [0.2, 0.25) is 0 Å². The lowest BCUT2D eigenvalue weighted by molar-refractivity contribution is 0.307. The van der Waals surface area contributed by atoms with Crippen LogP contribution in [0, 0.1) is 20.8 Å². The molecular weight excluding hydrogens is 352 g/mol. The molecule has 1 aliphatic heterocycles. The minimum atomic E-state index is 0.378. The van der Waals surface area contributed by atoms with Gasteiger partial charge >= 0.3 is 0 Å². The quantitative estimate of drug-likeness (QED) is 0.612. The molecule has 4 nitrogen and oxygen atoms in total. The van der Waals surface area contributed by atoms with E-state index in [2.05, 4.69) is 60.2 Å². The van der Waals surface area contributed by atoms with Gasteiger partial charge in [-0.15, -0.1) is 0 Å². The van der Waals surface area contributed by atoms with Gasteiger partial charge in [-0.05, 0) is 80.7 Å². The fourth-order valence-electron chi connectivity index (χ4n) is 3.77. The van der Waals surface area contributed by atoms with Crippen molar-refractivity contribution in [2.75, 3.05) is 18.4 Å². The molecule has 0 unspecified atom stereocenters. The van der Waals surface area contributed by atoms with Crippen molar-refractivity contribution < 1.29 is 0 Å². The van der Waals surface area contributed by atoms with Crippen molar-refractivity contribution in [2.24, 2.45) is 0 Å². The second kappa shape index (κ2) is 7.31. The zero-order valence-electron chi connectivity index (χ0n) is 16.2. The molecule has 1 aromatic heterocycles. The van der Waals surface area contributed by atoms with Crippen molar-refractivity contribution in [2.45, 2.75) is 39.5 Å². The fourth-order valence-corrected chi connectivity index (χ4v) is 4.05. The number of H-pyrrole nitrogens is 1. The van der Waals surface area contributed by atoms with Crippen LogP contribution in [0.15, 0.2) is 36.4 Å². The van der Waals surface area contributed by atoms with Crippen LogP contribution in [0.1, 0.15) is 41.3 Å². The largest absolute Gasteiger partial charge is 0.348 e. The Morgan fingerprint density at radius 3 is 2.74 bits per heavy atom. The Morgan fingerprint density at radius 2 is 1.93 bits per heavy atom. The molecule has 1 aliphatic rings. The third-order valence-electron chi connectivity index (χ3n) is 5.60. The molecule has 140 valence electrons. The minimum Gasteiger partial charge on any atom is -0.348 e. The predicted molar refractivity (Wildman–Crippen MR) is 117 cm³/mol. The second-order valence-electron chi connectivity index (χ2n) is 7.61. The highest BCUT2D eigenvalue weighted by Gasteiger charge is 2.25. The first kappa shape index (κ1) is 18.0. The number of thiocarbonyl (C=S) groups is 1. The number of fused-ring (bicyclic) bond motifs is 1. The van der Waals surface area contributed by atoms with Crippen molar-refractivity contribution >= 4 is 34.1 Å². The summed E-state index contributed by atoms with van der Waals surface area (Å²) in [5.74, 6) is 1.46. The van der Waals surface area contributed by atoms with Crippen LogP contribution in [0.4, 0.5) is 5.69 Å². The van der Waals surface area contributed by atoms with Gasteiger partial charge in [0.15, 0.2) is 5.11 Å². The van der Waals surface area contributed by atoms with E-state index in [1.807, 2.05) is 12.1 Å². The maximum Gasteiger partial charge on any atom is 0.173 e. The van der Waals surface area contributed by atoms with Crippen LogP contribution in [0.5, 0.6) is 0 Å². The Balaban J connectivity index is 1.51. The Bertz CT molecular complexity index is 952. The first-order valence-electron chi connectivity index (χ1n) is 9.59. The van der Waals surface area contributed by atoms with E-state index in [0.29, 0.717) is 5.92 Å². The number of imidazole rings is 1. The van der Waals surface area contributed by atoms with Crippen molar-refractivity contribution in [3.05, 3.63) is 58.9 Å². The number of anilines is 1. The van der Waals surface area contributed by atoms with Gasteiger partial charge in [-0.1, -0.05) is 18.2 Å². The fraction of sp³-hybridized carbons (Fsp3) is 0.364. The highest BCUT2D eigenvalue weighted by molar-refractivity contribution is 7.80. The van der Waals surface area contributed by atoms with Crippen LogP contribution in [0.25, 0.3) is 11.0 Å². The lowest BCUT2D eigenvalue weighted by Gasteiger charge is -2.34. The number of piperidine rings is 1. The van der Waals surface area contributed by atoms with Crippen LogP contribution in [0.3, 0.4) is 0 Å². The van der Waals surface area contributed by atoms with Gasteiger partial charge in [0.2, 0.25) is 0 Å². The second-order valence-corrected chi connectivity index (χ2v) is 7.99. The molecule has 2 aromatic carbocycles. The van der Waals surface area contributed by atoms with E-state index in [9.17, 15) is 0 Å². The van der Waals surface area contributed by atoms with Crippen molar-refractivity contribution in [3.8, 4) is 0 Å². The molecule has 0 radical (unpaired) electrons. The summed E-state index contributed by atoms with van der Waals surface area (Å²) in [7, 11) is 0. The third-order valence-corrected chi connectivity index (χ3v) is 5.96. The topological polar surface area (TPSA) is 44.0 Å². The Labute approximate surface area is 166 Å². The van der Waals surface area contributed by atoms with E-state index < -0.39 is 0 Å². The molecule has 1 fully saturated rings. The first-order valence-corrected chi connectivity index (χ1v) is 10.0. The number of rotatable bonds is 2. The highest BCUT2D eigenvalue weighted by atomic mass is 32.1. The third kappa shape index (κ3) is 3.69. The Morgan fingerprint density at radius 1 is 1.15 bits per heavy atom. The van der Waals surface area contributed by atoms with Crippen molar-refractivity contribution in [3.63, 3.8) is 0 Å². The van der Waals surface area contributed by atoms with Gasteiger partial charge in [0.1, 0.15) is 5.82 Å². The molecule has 0 spiro atoms. The molecular formula is C22H26N4S. The molecule has 1 saturated heterocycles. The van der Waals surface area contributed by atoms with Gasteiger partial charge in [-0.2, -0.15) is 0 Å². The van der Waals surface area contributed by atoms with E-state index in [4.69, 9.17) is 17.2 Å². The summed E-state index contributed by atoms with van der Waals surface area (Å²) in [6.45, 7) is 8.28. The predicted octanol–water partition coefficient (Wildman–Crippen LogP) is 5.06. The van der Waals surface area contributed by atoms with Crippen molar-refractivity contribution in [1.29, 1.82) is 0 Å². The molecule has 2 heterocycles. The number of aryl methyl sites for hydroxylation is 3. The number of para-hydroxylation sites is 1. The first-order chi connectivity index (χ1) is 13.0. The van der Waals surface area contributed by atoms with Crippen LogP contribution in [-0.4, -0.2) is 33.1 Å².